The number of rotatable bonds is 4. The molecule has 0 aliphatic rings. The van der Waals surface area contributed by atoms with Crippen molar-refractivity contribution in [1.82, 2.24) is 15.6 Å². The molecule has 0 fully saturated rings. The van der Waals surface area contributed by atoms with Crippen LogP contribution in [0.5, 0.6) is 0 Å². The van der Waals surface area contributed by atoms with E-state index in [-0.39, 0.29) is 6.04 Å². The van der Waals surface area contributed by atoms with Crippen LogP contribution in [-0.4, -0.2) is 23.0 Å². The second-order valence-corrected chi connectivity index (χ2v) is 6.34. The number of hydrogen-bond donors (Lipinski definition) is 3. The Morgan fingerprint density at radius 1 is 1.12 bits per heavy atom. The number of aromatic amines is 1. The Bertz CT molecular complexity index is 902. The molecule has 3 rings (SSSR count). The Kier molecular flexibility index (Phi) is 5.05. The summed E-state index contributed by atoms with van der Waals surface area (Å²) in [5.74, 6) is -0.464. The Morgan fingerprint density at radius 2 is 1.84 bits per heavy atom. The zero-order valence-electron chi connectivity index (χ0n) is 13.7. The Labute approximate surface area is 150 Å². The first-order valence-electron chi connectivity index (χ1n) is 7.95. The highest BCUT2D eigenvalue weighted by molar-refractivity contribution is 6.30. The van der Waals surface area contributed by atoms with Crippen molar-refractivity contribution in [2.75, 3.05) is 0 Å². The van der Waals surface area contributed by atoms with Gasteiger partial charge in [0.2, 0.25) is 0 Å². The molecule has 0 unspecified atom stereocenters. The highest BCUT2D eigenvalue weighted by Gasteiger charge is 2.14. The summed E-state index contributed by atoms with van der Waals surface area (Å²) in [5, 5.41) is 6.78. The van der Waals surface area contributed by atoms with Crippen LogP contribution in [0.15, 0.2) is 54.7 Å². The number of aromatic nitrogens is 1. The molecule has 25 heavy (non-hydrogen) atoms. The molecule has 128 valence electrons. The first-order valence-corrected chi connectivity index (χ1v) is 8.33. The number of H-pyrrole nitrogens is 1. The number of benzene rings is 2. The summed E-state index contributed by atoms with van der Waals surface area (Å²) in [6.07, 6.45) is 2.60. The van der Waals surface area contributed by atoms with Crippen molar-refractivity contribution in [3.63, 3.8) is 0 Å². The smallest absolute Gasteiger partial charge is 0.321 e. The molecule has 2 aromatic carbocycles. The quantitative estimate of drug-likeness (QED) is 0.664. The maximum absolute atomic E-state index is 12.0. The lowest BCUT2D eigenvalue weighted by atomic mass is 10.1. The van der Waals surface area contributed by atoms with Crippen molar-refractivity contribution in [1.29, 1.82) is 0 Å². The number of hydrogen-bond acceptors (Lipinski definition) is 2. The van der Waals surface area contributed by atoms with Gasteiger partial charge in [0.1, 0.15) is 0 Å². The van der Waals surface area contributed by atoms with E-state index in [0.717, 1.165) is 16.5 Å². The first-order chi connectivity index (χ1) is 12.0. The van der Waals surface area contributed by atoms with Crippen LogP contribution in [0.4, 0.5) is 4.79 Å². The van der Waals surface area contributed by atoms with Gasteiger partial charge in [0.05, 0.1) is 0 Å². The third-order valence-corrected chi connectivity index (χ3v) is 4.16. The zero-order valence-corrected chi connectivity index (χ0v) is 14.4. The standard InChI is InChI=1S/C19H18ClN3O2/c1-12(10-14-11-21-17-5-3-2-4-16(14)17)22-19(25)23-18(24)13-6-8-15(20)9-7-13/h2-9,11-12,21H,10H2,1H3,(H2,22,23,24,25)/t12-/m0/s1. The number of carbonyl (C=O) groups is 2. The average molecular weight is 356 g/mol. The van der Waals surface area contributed by atoms with E-state index in [4.69, 9.17) is 11.6 Å². The van der Waals surface area contributed by atoms with Gasteiger partial charge in [-0.15, -0.1) is 0 Å². The van der Waals surface area contributed by atoms with Crippen LogP contribution >= 0.6 is 11.6 Å². The van der Waals surface area contributed by atoms with Gasteiger partial charge in [-0.05, 0) is 49.2 Å². The largest absolute Gasteiger partial charge is 0.361 e. The van der Waals surface area contributed by atoms with Crippen molar-refractivity contribution in [2.45, 2.75) is 19.4 Å². The Hall–Kier alpha value is -2.79. The van der Waals surface area contributed by atoms with Crippen LogP contribution < -0.4 is 10.6 Å². The second kappa shape index (κ2) is 7.40. The van der Waals surface area contributed by atoms with Gasteiger partial charge in [0.25, 0.3) is 5.91 Å². The van der Waals surface area contributed by atoms with E-state index >= 15 is 0 Å². The second-order valence-electron chi connectivity index (χ2n) is 5.90. The van der Waals surface area contributed by atoms with Crippen molar-refractivity contribution in [2.24, 2.45) is 0 Å². The van der Waals surface area contributed by atoms with Crippen molar-refractivity contribution in [3.05, 3.63) is 70.9 Å². The molecule has 0 spiro atoms. The molecule has 0 aliphatic carbocycles. The van der Waals surface area contributed by atoms with Gasteiger partial charge in [-0.2, -0.15) is 0 Å². The van der Waals surface area contributed by atoms with E-state index in [9.17, 15) is 9.59 Å². The maximum atomic E-state index is 12.0. The van der Waals surface area contributed by atoms with Crippen LogP contribution in [0.1, 0.15) is 22.8 Å². The van der Waals surface area contributed by atoms with Gasteiger partial charge in [-0.1, -0.05) is 29.8 Å². The van der Waals surface area contributed by atoms with Crippen molar-refractivity contribution < 1.29 is 9.59 Å². The lowest BCUT2D eigenvalue weighted by Gasteiger charge is -2.14. The number of carbonyl (C=O) groups excluding carboxylic acids is 2. The molecule has 0 aliphatic heterocycles. The molecule has 0 radical (unpaired) electrons. The summed E-state index contributed by atoms with van der Waals surface area (Å²) in [4.78, 5) is 27.3. The summed E-state index contributed by atoms with van der Waals surface area (Å²) >= 11 is 5.79. The highest BCUT2D eigenvalue weighted by Crippen LogP contribution is 2.19. The SMILES string of the molecule is C[C@@H](Cc1c[nH]c2ccccc12)NC(=O)NC(=O)c1ccc(Cl)cc1. The Balaban J connectivity index is 1.57. The summed E-state index contributed by atoms with van der Waals surface area (Å²) in [5.41, 5.74) is 2.56. The number of imide groups is 1. The van der Waals surface area contributed by atoms with Gasteiger partial charge >= 0.3 is 6.03 Å². The van der Waals surface area contributed by atoms with Crippen molar-refractivity contribution >= 4 is 34.4 Å². The number of halogens is 1. The minimum absolute atomic E-state index is 0.128. The van der Waals surface area contributed by atoms with Gasteiger partial charge in [-0.3, -0.25) is 10.1 Å². The molecule has 1 heterocycles. The highest BCUT2D eigenvalue weighted by atomic mass is 35.5. The van der Waals surface area contributed by atoms with E-state index < -0.39 is 11.9 Å². The summed E-state index contributed by atoms with van der Waals surface area (Å²) in [6, 6.07) is 13.7. The third-order valence-electron chi connectivity index (χ3n) is 3.91. The maximum Gasteiger partial charge on any atom is 0.321 e. The molecule has 5 nitrogen and oxygen atoms in total. The van der Waals surface area contributed by atoms with Gasteiger partial charge < -0.3 is 10.3 Å². The van der Waals surface area contributed by atoms with Crippen LogP contribution in [0.25, 0.3) is 10.9 Å². The van der Waals surface area contributed by atoms with E-state index in [1.165, 1.54) is 0 Å². The van der Waals surface area contributed by atoms with Crippen molar-refractivity contribution in [3.8, 4) is 0 Å². The average Bonchev–Trinajstić information content (AvgIpc) is 2.98. The molecule has 1 atom stereocenters. The number of para-hydroxylation sites is 1. The fraction of sp³-hybridized carbons (Fsp3) is 0.158. The zero-order chi connectivity index (χ0) is 17.8. The van der Waals surface area contributed by atoms with Crippen LogP contribution in [0.2, 0.25) is 5.02 Å². The lowest BCUT2D eigenvalue weighted by Crippen LogP contribution is -2.44. The summed E-state index contributed by atoms with van der Waals surface area (Å²) in [6.45, 7) is 1.90. The predicted octanol–water partition coefficient (Wildman–Crippen LogP) is 3.89. The molecule has 3 aromatic rings. The van der Waals surface area contributed by atoms with E-state index in [2.05, 4.69) is 15.6 Å². The van der Waals surface area contributed by atoms with E-state index in [0.29, 0.717) is 17.0 Å². The third kappa shape index (κ3) is 4.19. The molecule has 6 heteroatoms. The molecular weight excluding hydrogens is 338 g/mol. The normalized spacial score (nSPS) is 11.9. The van der Waals surface area contributed by atoms with E-state index in [1.54, 1.807) is 24.3 Å². The fourth-order valence-electron chi connectivity index (χ4n) is 2.72. The predicted molar refractivity (Wildman–Crippen MR) is 98.9 cm³/mol. The van der Waals surface area contributed by atoms with E-state index in [1.807, 2.05) is 37.4 Å². The van der Waals surface area contributed by atoms with Crippen LogP contribution in [0, 0.1) is 0 Å². The molecule has 3 N–H and O–H groups in total. The van der Waals surface area contributed by atoms with Crippen LogP contribution in [-0.2, 0) is 6.42 Å². The topological polar surface area (TPSA) is 74.0 Å². The van der Waals surface area contributed by atoms with Gasteiger partial charge in [-0.25, -0.2) is 4.79 Å². The minimum Gasteiger partial charge on any atom is -0.361 e. The first kappa shape index (κ1) is 17.0. The minimum atomic E-state index is -0.521. The monoisotopic (exact) mass is 355 g/mol. The Morgan fingerprint density at radius 3 is 2.60 bits per heavy atom. The number of nitrogens with one attached hydrogen (secondary N) is 3. The molecule has 0 saturated carbocycles. The fourth-order valence-corrected chi connectivity index (χ4v) is 2.84. The number of fused-ring (bicyclic) bond motifs is 1. The van der Waals surface area contributed by atoms with Crippen LogP contribution in [0.3, 0.4) is 0 Å². The number of urea groups is 1. The molecule has 1 aromatic heterocycles. The molecular formula is C19H18ClN3O2. The molecule has 0 saturated heterocycles. The summed E-state index contributed by atoms with van der Waals surface area (Å²) < 4.78 is 0. The number of amides is 3. The lowest BCUT2D eigenvalue weighted by molar-refractivity contribution is 0.0963. The summed E-state index contributed by atoms with van der Waals surface area (Å²) in [7, 11) is 0. The van der Waals surface area contributed by atoms with Gasteiger partial charge in [0.15, 0.2) is 0 Å². The molecule has 3 amide bonds. The molecule has 0 bridgehead atoms. The van der Waals surface area contributed by atoms with Gasteiger partial charge in [0, 0.05) is 33.7 Å².